The number of nitrogens with zero attached hydrogens (tertiary/aromatic N) is 1. The normalized spacial score (nSPS) is 20.0. The molecule has 0 radical (unpaired) electrons. The molecule has 0 spiro atoms. The van der Waals surface area contributed by atoms with Crippen molar-refractivity contribution < 1.29 is 24.6 Å². The molecule has 7 nitrogen and oxygen atoms in total. The first-order chi connectivity index (χ1) is 11.2. The second-order valence-corrected chi connectivity index (χ2v) is 6.46. The van der Waals surface area contributed by atoms with Gasteiger partial charge in [-0.15, -0.1) is 0 Å². The quantitative estimate of drug-likeness (QED) is 0.749. The van der Waals surface area contributed by atoms with Gasteiger partial charge in [0.15, 0.2) is 0 Å². The summed E-state index contributed by atoms with van der Waals surface area (Å²) in [5, 5.41) is 21.5. The molecule has 1 aliphatic rings. The van der Waals surface area contributed by atoms with Gasteiger partial charge in [0.05, 0.1) is 11.0 Å². The summed E-state index contributed by atoms with van der Waals surface area (Å²) in [6.07, 6.45) is 0.520. The van der Waals surface area contributed by atoms with Crippen molar-refractivity contribution in [2.24, 2.45) is 5.41 Å². The largest absolute Gasteiger partial charge is 0.507 e. The van der Waals surface area contributed by atoms with E-state index in [4.69, 9.17) is 0 Å². The first-order valence-corrected chi connectivity index (χ1v) is 7.82. The van der Waals surface area contributed by atoms with Crippen LogP contribution in [0.1, 0.15) is 35.7 Å². The van der Waals surface area contributed by atoms with Crippen LogP contribution in [0.4, 0.5) is 0 Å². The van der Waals surface area contributed by atoms with E-state index in [2.05, 4.69) is 5.32 Å². The number of carboxylic acids is 1. The lowest BCUT2D eigenvalue weighted by atomic mass is 9.90. The number of phenolic OH excluding ortho intramolecular Hbond substituents is 1. The second-order valence-electron chi connectivity index (χ2n) is 6.46. The minimum Gasteiger partial charge on any atom is -0.507 e. The fourth-order valence-electron chi connectivity index (χ4n) is 2.72. The van der Waals surface area contributed by atoms with Crippen LogP contribution in [-0.2, 0) is 9.59 Å². The molecule has 1 unspecified atom stereocenters. The van der Waals surface area contributed by atoms with Gasteiger partial charge in [-0.05, 0) is 38.0 Å². The Balaban J connectivity index is 1.83. The number of aliphatic carboxylic acids is 1. The number of carbonyl (C=O) groups excluding carboxylic acids is 2. The van der Waals surface area contributed by atoms with Gasteiger partial charge in [0.2, 0.25) is 5.91 Å². The predicted octanol–water partition coefficient (Wildman–Crippen LogP) is 1.14. The van der Waals surface area contributed by atoms with Crippen molar-refractivity contribution in [2.45, 2.75) is 26.7 Å². The maximum absolute atomic E-state index is 12.1. The lowest BCUT2D eigenvalue weighted by molar-refractivity contribution is -0.147. The molecule has 1 heterocycles. The van der Waals surface area contributed by atoms with Gasteiger partial charge in [-0.3, -0.25) is 14.4 Å². The van der Waals surface area contributed by atoms with Gasteiger partial charge >= 0.3 is 5.97 Å². The smallest absolute Gasteiger partial charge is 0.311 e. The number of carboxylic acid groups (broad SMARTS) is 1. The molecule has 1 fully saturated rings. The Morgan fingerprint density at radius 1 is 1.33 bits per heavy atom. The lowest BCUT2D eigenvalue weighted by Crippen LogP contribution is -2.36. The highest BCUT2D eigenvalue weighted by molar-refractivity contribution is 5.97. The molecule has 0 aliphatic carbocycles. The molecular weight excluding hydrogens is 312 g/mol. The molecule has 2 rings (SSSR count). The van der Waals surface area contributed by atoms with Crippen LogP contribution in [0.3, 0.4) is 0 Å². The van der Waals surface area contributed by atoms with E-state index in [1.807, 2.05) is 0 Å². The number of carbonyl (C=O) groups is 3. The number of aryl methyl sites for hydroxylation is 1. The van der Waals surface area contributed by atoms with Gasteiger partial charge in [0.1, 0.15) is 5.75 Å². The summed E-state index contributed by atoms with van der Waals surface area (Å²) in [6, 6.07) is 4.74. The summed E-state index contributed by atoms with van der Waals surface area (Å²) in [4.78, 5) is 36.8. The van der Waals surface area contributed by atoms with Crippen LogP contribution in [0.25, 0.3) is 0 Å². The van der Waals surface area contributed by atoms with Gasteiger partial charge in [-0.1, -0.05) is 6.07 Å². The highest BCUT2D eigenvalue weighted by Crippen LogP contribution is 2.30. The number of hydrogen-bond acceptors (Lipinski definition) is 4. The van der Waals surface area contributed by atoms with Crippen molar-refractivity contribution in [1.82, 2.24) is 10.2 Å². The van der Waals surface area contributed by atoms with Gasteiger partial charge in [-0.25, -0.2) is 0 Å². The standard InChI is InChI=1S/C17H22N2O5/c1-11-3-4-12(13(20)9-11)15(22)18-7-5-14(21)19-8-6-17(2,10-19)16(23)24/h3-4,9,20H,5-8,10H2,1-2H3,(H,18,22)(H,23,24). The SMILES string of the molecule is Cc1ccc(C(=O)NCCC(=O)N2CCC(C)(C(=O)O)C2)c(O)c1. The minimum atomic E-state index is -0.902. The third-order valence-corrected chi connectivity index (χ3v) is 4.36. The number of amides is 2. The van der Waals surface area contributed by atoms with E-state index in [0.29, 0.717) is 13.0 Å². The van der Waals surface area contributed by atoms with Crippen LogP contribution in [0.2, 0.25) is 0 Å². The van der Waals surface area contributed by atoms with Crippen LogP contribution in [0.15, 0.2) is 18.2 Å². The van der Waals surface area contributed by atoms with Crippen LogP contribution in [0.5, 0.6) is 5.75 Å². The Morgan fingerprint density at radius 2 is 2.04 bits per heavy atom. The number of nitrogens with one attached hydrogen (secondary N) is 1. The highest BCUT2D eigenvalue weighted by atomic mass is 16.4. The number of hydrogen-bond donors (Lipinski definition) is 3. The van der Waals surface area contributed by atoms with Crippen molar-refractivity contribution >= 4 is 17.8 Å². The molecule has 1 aromatic rings. The summed E-state index contributed by atoms with van der Waals surface area (Å²) in [5.41, 5.74) is 0.106. The van der Waals surface area contributed by atoms with Crippen molar-refractivity contribution in [3.8, 4) is 5.75 Å². The number of aromatic hydroxyl groups is 1. The van der Waals surface area contributed by atoms with E-state index < -0.39 is 17.3 Å². The number of phenols is 1. The average Bonchev–Trinajstić information content (AvgIpc) is 2.91. The number of rotatable bonds is 5. The fourth-order valence-corrected chi connectivity index (χ4v) is 2.72. The topological polar surface area (TPSA) is 107 Å². The molecule has 0 bridgehead atoms. The second kappa shape index (κ2) is 6.90. The monoisotopic (exact) mass is 334 g/mol. The maximum atomic E-state index is 12.1. The van der Waals surface area contributed by atoms with Crippen molar-refractivity contribution in [2.75, 3.05) is 19.6 Å². The highest BCUT2D eigenvalue weighted by Gasteiger charge is 2.41. The maximum Gasteiger partial charge on any atom is 0.311 e. The van der Waals surface area contributed by atoms with E-state index in [-0.39, 0.29) is 36.7 Å². The van der Waals surface area contributed by atoms with E-state index in [1.54, 1.807) is 19.9 Å². The molecule has 0 saturated carbocycles. The molecule has 1 aliphatic heterocycles. The molecule has 24 heavy (non-hydrogen) atoms. The number of benzene rings is 1. The van der Waals surface area contributed by atoms with E-state index in [9.17, 15) is 24.6 Å². The zero-order chi connectivity index (χ0) is 17.9. The molecule has 1 saturated heterocycles. The van der Waals surface area contributed by atoms with Gasteiger partial charge < -0.3 is 20.4 Å². The Bertz CT molecular complexity index is 673. The summed E-state index contributed by atoms with van der Waals surface area (Å²) < 4.78 is 0. The third kappa shape index (κ3) is 3.84. The van der Waals surface area contributed by atoms with Crippen molar-refractivity contribution in [3.63, 3.8) is 0 Å². The Morgan fingerprint density at radius 3 is 2.62 bits per heavy atom. The Kier molecular flexibility index (Phi) is 5.11. The van der Waals surface area contributed by atoms with Gasteiger partial charge in [0.25, 0.3) is 5.91 Å². The zero-order valence-electron chi connectivity index (χ0n) is 13.8. The van der Waals surface area contributed by atoms with Crippen molar-refractivity contribution in [3.05, 3.63) is 29.3 Å². The Labute approximate surface area is 140 Å². The first kappa shape index (κ1) is 17.8. The molecule has 2 amide bonds. The third-order valence-electron chi connectivity index (χ3n) is 4.36. The Hall–Kier alpha value is -2.57. The van der Waals surface area contributed by atoms with Crippen LogP contribution in [-0.4, -0.2) is 52.5 Å². The van der Waals surface area contributed by atoms with Gasteiger partial charge in [-0.2, -0.15) is 0 Å². The first-order valence-electron chi connectivity index (χ1n) is 7.82. The summed E-state index contributed by atoms with van der Waals surface area (Å²) in [6.45, 7) is 4.17. The van der Waals surface area contributed by atoms with Crippen LogP contribution in [0, 0.1) is 12.3 Å². The van der Waals surface area contributed by atoms with Gasteiger partial charge in [0, 0.05) is 26.1 Å². The fraction of sp³-hybridized carbons (Fsp3) is 0.471. The van der Waals surface area contributed by atoms with Crippen LogP contribution < -0.4 is 5.32 Å². The number of likely N-dealkylation sites (tertiary alicyclic amines) is 1. The van der Waals surface area contributed by atoms with Crippen LogP contribution >= 0.6 is 0 Å². The summed E-state index contributed by atoms with van der Waals surface area (Å²) in [7, 11) is 0. The molecule has 3 N–H and O–H groups in total. The molecule has 7 heteroatoms. The van der Waals surface area contributed by atoms with E-state index in [0.717, 1.165) is 5.56 Å². The average molecular weight is 334 g/mol. The molecular formula is C17H22N2O5. The minimum absolute atomic E-state index is 0.0913. The summed E-state index contributed by atoms with van der Waals surface area (Å²) >= 11 is 0. The predicted molar refractivity (Wildman–Crippen MR) is 86.7 cm³/mol. The molecule has 1 aromatic carbocycles. The molecule has 0 aromatic heterocycles. The van der Waals surface area contributed by atoms with Crippen molar-refractivity contribution in [1.29, 1.82) is 0 Å². The zero-order valence-corrected chi connectivity index (χ0v) is 13.8. The molecule has 1 atom stereocenters. The lowest BCUT2D eigenvalue weighted by Gasteiger charge is -2.20. The van der Waals surface area contributed by atoms with E-state index in [1.165, 1.54) is 17.0 Å². The van der Waals surface area contributed by atoms with E-state index >= 15 is 0 Å². The summed E-state index contributed by atoms with van der Waals surface area (Å²) in [5.74, 6) is -1.64. The molecule has 130 valence electrons.